The molecule has 2 aliphatic heterocycles. The van der Waals surface area contributed by atoms with Crippen molar-refractivity contribution in [1.29, 1.82) is 0 Å². The lowest BCUT2D eigenvalue weighted by Crippen LogP contribution is -2.36. The van der Waals surface area contributed by atoms with E-state index < -0.39 is 5.91 Å². The first-order chi connectivity index (χ1) is 12.8. The zero-order valence-electron chi connectivity index (χ0n) is 15.9. The third kappa shape index (κ3) is 13.6. The molecule has 0 unspecified atom stereocenters. The Hall–Kier alpha value is -2.19. The summed E-state index contributed by atoms with van der Waals surface area (Å²) in [5.74, 6) is -1.33. The number of rotatable bonds is 6. The fourth-order valence-electron chi connectivity index (χ4n) is 1.91. The standard InChI is InChI=1S/C9H14N2O2.C5H4ClNO2.C4H11N/c1-2-3-4-10-7-5-8(12)11-9(13)6-7;6-3-1-4(8)7-5(9)2-3;1-2-3-4-5/h5,10H,2-4,6H2,1H3,(H,11,12,13);1H,2H2,(H,7,8,9);2-5H2,1H3. The molecule has 0 fully saturated rings. The Bertz CT molecular complexity index is 586. The summed E-state index contributed by atoms with van der Waals surface area (Å²) in [7, 11) is 0. The van der Waals surface area contributed by atoms with Crippen LogP contribution in [0.4, 0.5) is 0 Å². The van der Waals surface area contributed by atoms with Gasteiger partial charge in [0.2, 0.25) is 11.8 Å². The molecule has 9 heteroatoms. The molecule has 0 aromatic heterocycles. The fourth-order valence-corrected chi connectivity index (χ4v) is 2.13. The molecule has 27 heavy (non-hydrogen) atoms. The number of hydrogen-bond donors (Lipinski definition) is 4. The first-order valence-electron chi connectivity index (χ1n) is 9.00. The van der Waals surface area contributed by atoms with Crippen molar-refractivity contribution >= 4 is 35.2 Å². The van der Waals surface area contributed by atoms with E-state index in [0.717, 1.165) is 31.6 Å². The summed E-state index contributed by atoms with van der Waals surface area (Å²) in [5.41, 5.74) is 5.86. The van der Waals surface area contributed by atoms with E-state index in [2.05, 4.69) is 29.8 Å². The highest BCUT2D eigenvalue weighted by Gasteiger charge is 2.15. The number of amides is 4. The number of unbranched alkanes of at least 4 members (excludes halogenated alkanes) is 2. The van der Waals surface area contributed by atoms with Crippen molar-refractivity contribution in [3.05, 3.63) is 22.9 Å². The molecule has 0 saturated heterocycles. The zero-order valence-corrected chi connectivity index (χ0v) is 16.7. The second kappa shape index (κ2) is 14.9. The third-order valence-corrected chi connectivity index (χ3v) is 3.48. The summed E-state index contributed by atoms with van der Waals surface area (Å²) in [6.45, 7) is 5.89. The molecule has 0 aliphatic carbocycles. The lowest BCUT2D eigenvalue weighted by Gasteiger charge is -2.14. The fraction of sp³-hybridized carbons (Fsp3) is 0.556. The summed E-state index contributed by atoms with van der Waals surface area (Å²) in [6, 6.07) is 0. The molecule has 0 saturated carbocycles. The summed E-state index contributed by atoms with van der Waals surface area (Å²) >= 11 is 5.39. The van der Waals surface area contributed by atoms with E-state index in [-0.39, 0.29) is 30.6 Å². The molecule has 0 aromatic rings. The van der Waals surface area contributed by atoms with E-state index in [9.17, 15) is 19.2 Å². The van der Waals surface area contributed by atoms with E-state index in [0.29, 0.717) is 5.03 Å². The van der Waals surface area contributed by atoms with Crippen LogP contribution in [0.5, 0.6) is 0 Å². The minimum absolute atomic E-state index is 0.118. The van der Waals surface area contributed by atoms with Gasteiger partial charge in [0.15, 0.2) is 0 Å². The van der Waals surface area contributed by atoms with Crippen LogP contribution in [0.1, 0.15) is 52.4 Å². The number of carbonyl (C=O) groups excluding carboxylic acids is 4. The van der Waals surface area contributed by atoms with E-state index in [1.54, 1.807) is 0 Å². The first-order valence-corrected chi connectivity index (χ1v) is 9.38. The highest BCUT2D eigenvalue weighted by Crippen LogP contribution is 2.09. The molecule has 152 valence electrons. The number of hydrogen-bond acceptors (Lipinski definition) is 6. The van der Waals surface area contributed by atoms with E-state index >= 15 is 0 Å². The van der Waals surface area contributed by atoms with Crippen molar-refractivity contribution in [3.8, 4) is 0 Å². The number of nitrogens with two attached hydrogens (primary N) is 1. The van der Waals surface area contributed by atoms with Crippen molar-refractivity contribution in [2.24, 2.45) is 5.73 Å². The van der Waals surface area contributed by atoms with Gasteiger partial charge in [0.1, 0.15) is 0 Å². The van der Waals surface area contributed by atoms with Gasteiger partial charge in [0.05, 0.1) is 12.8 Å². The highest BCUT2D eigenvalue weighted by molar-refractivity contribution is 6.33. The Morgan fingerprint density at radius 2 is 1.52 bits per heavy atom. The zero-order chi connectivity index (χ0) is 20.7. The van der Waals surface area contributed by atoms with Gasteiger partial charge in [-0.2, -0.15) is 0 Å². The highest BCUT2D eigenvalue weighted by atomic mass is 35.5. The van der Waals surface area contributed by atoms with Gasteiger partial charge in [-0.25, -0.2) is 0 Å². The normalized spacial score (nSPS) is 15.9. The van der Waals surface area contributed by atoms with Gasteiger partial charge in [-0.15, -0.1) is 0 Å². The molecule has 2 heterocycles. The topological polar surface area (TPSA) is 130 Å². The Morgan fingerprint density at radius 1 is 0.963 bits per heavy atom. The summed E-state index contributed by atoms with van der Waals surface area (Å²) in [5, 5.41) is 7.63. The third-order valence-electron chi connectivity index (χ3n) is 3.24. The minimum Gasteiger partial charge on any atom is -0.388 e. The van der Waals surface area contributed by atoms with Crippen LogP contribution < -0.4 is 21.7 Å². The smallest absolute Gasteiger partial charge is 0.252 e. The maximum atomic E-state index is 10.9. The van der Waals surface area contributed by atoms with Crippen LogP contribution >= 0.6 is 11.6 Å². The Morgan fingerprint density at radius 3 is 1.93 bits per heavy atom. The second-order valence-corrected chi connectivity index (χ2v) is 6.35. The monoisotopic (exact) mass is 400 g/mol. The molecule has 0 spiro atoms. The Kier molecular flexibility index (Phi) is 13.7. The summed E-state index contributed by atoms with van der Waals surface area (Å²) < 4.78 is 0. The van der Waals surface area contributed by atoms with Crippen LogP contribution in [0.3, 0.4) is 0 Å². The first kappa shape index (κ1) is 24.8. The average molecular weight is 401 g/mol. The summed E-state index contributed by atoms with van der Waals surface area (Å²) in [4.78, 5) is 42.6. The molecule has 0 atom stereocenters. The molecule has 0 aromatic carbocycles. The molecule has 0 radical (unpaired) electrons. The van der Waals surface area contributed by atoms with Gasteiger partial charge in [0.25, 0.3) is 11.8 Å². The van der Waals surface area contributed by atoms with Crippen LogP contribution in [0.25, 0.3) is 0 Å². The van der Waals surface area contributed by atoms with Crippen LogP contribution in [0.2, 0.25) is 0 Å². The van der Waals surface area contributed by atoms with Gasteiger partial charge in [0, 0.05) is 29.4 Å². The van der Waals surface area contributed by atoms with E-state index in [4.69, 9.17) is 17.3 Å². The molecular formula is C18H29ClN4O4. The van der Waals surface area contributed by atoms with Crippen LogP contribution in [0.15, 0.2) is 22.9 Å². The van der Waals surface area contributed by atoms with Crippen molar-refractivity contribution < 1.29 is 19.2 Å². The predicted octanol–water partition coefficient (Wildman–Crippen LogP) is 1.21. The van der Waals surface area contributed by atoms with E-state index in [1.807, 2.05) is 0 Å². The molecule has 0 bridgehead atoms. The molecule has 8 nitrogen and oxygen atoms in total. The largest absolute Gasteiger partial charge is 0.388 e. The van der Waals surface area contributed by atoms with E-state index in [1.165, 1.54) is 25.0 Å². The van der Waals surface area contributed by atoms with Crippen molar-refractivity contribution in [3.63, 3.8) is 0 Å². The number of imide groups is 2. The molecule has 4 amide bonds. The average Bonchev–Trinajstić information content (AvgIpc) is 2.55. The number of carbonyl (C=O) groups is 4. The molecular weight excluding hydrogens is 372 g/mol. The quantitative estimate of drug-likeness (QED) is 0.391. The Labute approximate surface area is 165 Å². The predicted molar refractivity (Wildman–Crippen MR) is 104 cm³/mol. The lowest BCUT2D eigenvalue weighted by atomic mass is 10.2. The number of nitrogens with one attached hydrogen (secondary N) is 3. The van der Waals surface area contributed by atoms with Crippen LogP contribution in [-0.4, -0.2) is 36.7 Å². The van der Waals surface area contributed by atoms with Gasteiger partial charge in [-0.3, -0.25) is 29.8 Å². The minimum atomic E-state index is -0.434. The maximum Gasteiger partial charge on any atom is 0.252 e. The van der Waals surface area contributed by atoms with Gasteiger partial charge < -0.3 is 11.1 Å². The van der Waals surface area contributed by atoms with Crippen molar-refractivity contribution in [2.45, 2.75) is 52.4 Å². The molecule has 5 N–H and O–H groups in total. The Balaban J connectivity index is 0.000000419. The maximum absolute atomic E-state index is 10.9. The molecule has 2 aliphatic rings. The second-order valence-electron chi connectivity index (χ2n) is 5.86. The number of halogens is 1. The van der Waals surface area contributed by atoms with Gasteiger partial charge in [-0.1, -0.05) is 38.3 Å². The van der Waals surface area contributed by atoms with Gasteiger partial charge in [-0.05, 0) is 19.4 Å². The SMILES string of the molecule is CCCCN.CCCCNC1=CC(=O)NC(=O)C1.O=C1C=C(Cl)CC(=O)N1. The van der Waals surface area contributed by atoms with Crippen LogP contribution in [-0.2, 0) is 19.2 Å². The lowest BCUT2D eigenvalue weighted by molar-refractivity contribution is -0.130. The van der Waals surface area contributed by atoms with Crippen molar-refractivity contribution in [1.82, 2.24) is 16.0 Å². The van der Waals surface area contributed by atoms with Gasteiger partial charge >= 0.3 is 0 Å². The van der Waals surface area contributed by atoms with Crippen LogP contribution in [0, 0.1) is 0 Å². The molecule has 2 rings (SSSR count). The summed E-state index contributed by atoms with van der Waals surface area (Å²) in [6.07, 6.45) is 7.58. The van der Waals surface area contributed by atoms with Crippen molar-refractivity contribution in [2.75, 3.05) is 13.1 Å².